The highest BCUT2D eigenvalue weighted by Gasteiger charge is 2.29. The summed E-state index contributed by atoms with van der Waals surface area (Å²) in [4.78, 5) is 18.7. The number of hydrogen-bond acceptors (Lipinski definition) is 5. The molecule has 2 aromatic heterocycles. The monoisotopic (exact) mass is 514 g/mol. The van der Waals surface area contributed by atoms with Crippen molar-refractivity contribution < 1.29 is 9.53 Å². The van der Waals surface area contributed by atoms with E-state index in [2.05, 4.69) is 55.1 Å². The average Bonchev–Trinajstić information content (AvgIpc) is 3.57. The van der Waals surface area contributed by atoms with Crippen LogP contribution in [0.25, 0.3) is 5.69 Å². The number of hydrogen-bond donors (Lipinski definition) is 0. The van der Waals surface area contributed by atoms with Crippen LogP contribution in [-0.4, -0.2) is 45.7 Å². The Morgan fingerprint density at radius 1 is 1.08 bits per heavy atom. The summed E-state index contributed by atoms with van der Waals surface area (Å²) in [7, 11) is 1.70. The number of benzene rings is 2. The normalized spacial score (nSPS) is 13.5. The number of methoxy groups -OCH3 is 1. The van der Waals surface area contributed by atoms with Crippen LogP contribution in [0.2, 0.25) is 0 Å². The van der Waals surface area contributed by atoms with Crippen LogP contribution in [0.15, 0.2) is 72.1 Å². The van der Waals surface area contributed by atoms with Gasteiger partial charge in [-0.1, -0.05) is 62.4 Å². The summed E-state index contributed by atoms with van der Waals surface area (Å²) in [6.07, 6.45) is 0.885. The van der Waals surface area contributed by atoms with Crippen molar-refractivity contribution >= 4 is 17.2 Å². The number of rotatable bonds is 9. The minimum absolute atomic E-state index is 0.0706. The van der Waals surface area contributed by atoms with E-state index in [-0.39, 0.29) is 5.91 Å². The highest BCUT2D eigenvalue weighted by atomic mass is 32.1. The second-order valence-electron chi connectivity index (χ2n) is 9.96. The first-order valence-corrected chi connectivity index (χ1v) is 13.7. The van der Waals surface area contributed by atoms with Crippen molar-refractivity contribution in [3.05, 3.63) is 99.5 Å². The number of carbonyl (C=O) groups is 1. The zero-order valence-electron chi connectivity index (χ0n) is 21.8. The fourth-order valence-corrected chi connectivity index (χ4v) is 5.74. The molecule has 0 saturated carbocycles. The molecule has 0 bridgehead atoms. The summed E-state index contributed by atoms with van der Waals surface area (Å²) in [5.41, 5.74) is 5.63. The first-order chi connectivity index (χ1) is 18.0. The van der Waals surface area contributed by atoms with Gasteiger partial charge in [-0.15, -0.1) is 11.3 Å². The lowest BCUT2D eigenvalue weighted by molar-refractivity contribution is 0.0724. The first kappa shape index (κ1) is 25.2. The van der Waals surface area contributed by atoms with Crippen LogP contribution in [0.5, 0.6) is 5.75 Å². The van der Waals surface area contributed by atoms with Gasteiger partial charge in [-0.3, -0.25) is 9.69 Å². The maximum absolute atomic E-state index is 13.5. The third-order valence-corrected chi connectivity index (χ3v) is 7.59. The predicted octanol–water partition coefficient (Wildman–Crippen LogP) is 5.80. The summed E-state index contributed by atoms with van der Waals surface area (Å²) >= 11 is 1.49. The smallest absolute Gasteiger partial charge is 0.264 e. The minimum atomic E-state index is 0.0706. The Morgan fingerprint density at radius 2 is 1.86 bits per heavy atom. The Balaban J connectivity index is 1.52. The number of para-hydroxylation sites is 2. The number of fused-ring (bicyclic) bond motifs is 1. The molecule has 1 aliphatic heterocycles. The zero-order chi connectivity index (χ0) is 25.8. The van der Waals surface area contributed by atoms with Crippen LogP contribution in [0.3, 0.4) is 0 Å². The van der Waals surface area contributed by atoms with Gasteiger partial charge in [-0.25, -0.2) is 4.68 Å². The Morgan fingerprint density at radius 3 is 2.59 bits per heavy atom. The highest BCUT2D eigenvalue weighted by Crippen LogP contribution is 2.31. The molecule has 192 valence electrons. The molecule has 0 fully saturated rings. The highest BCUT2D eigenvalue weighted by molar-refractivity contribution is 7.12. The van der Waals surface area contributed by atoms with E-state index in [1.165, 1.54) is 28.2 Å². The molecule has 5 rings (SSSR count). The Bertz CT molecular complexity index is 1330. The third kappa shape index (κ3) is 5.63. The molecule has 0 radical (unpaired) electrons. The molecule has 6 nitrogen and oxygen atoms in total. The molecule has 0 N–H and O–H groups in total. The summed E-state index contributed by atoms with van der Waals surface area (Å²) in [6.45, 7) is 8.12. The van der Waals surface area contributed by atoms with Gasteiger partial charge in [0.05, 0.1) is 29.9 Å². The van der Waals surface area contributed by atoms with Gasteiger partial charge in [0.1, 0.15) is 11.4 Å². The van der Waals surface area contributed by atoms with Crippen LogP contribution < -0.4 is 4.74 Å². The van der Waals surface area contributed by atoms with Crippen LogP contribution in [0, 0.1) is 5.92 Å². The molecule has 3 heterocycles. The van der Waals surface area contributed by atoms with Crippen molar-refractivity contribution in [2.24, 2.45) is 5.92 Å². The van der Waals surface area contributed by atoms with Crippen LogP contribution in [0.4, 0.5) is 0 Å². The van der Waals surface area contributed by atoms with Crippen molar-refractivity contribution in [1.29, 1.82) is 0 Å². The van der Waals surface area contributed by atoms with E-state index < -0.39 is 0 Å². The van der Waals surface area contributed by atoms with E-state index in [1.54, 1.807) is 7.11 Å². The molecule has 1 aliphatic rings. The lowest BCUT2D eigenvalue weighted by atomic mass is 10.0. The maximum Gasteiger partial charge on any atom is 0.264 e. The number of aromatic nitrogens is 2. The van der Waals surface area contributed by atoms with Crippen molar-refractivity contribution in [3.8, 4) is 11.4 Å². The Hall–Kier alpha value is -3.42. The van der Waals surface area contributed by atoms with Crippen molar-refractivity contribution in [2.45, 2.75) is 39.9 Å². The van der Waals surface area contributed by atoms with Crippen LogP contribution >= 0.6 is 11.3 Å². The van der Waals surface area contributed by atoms with Gasteiger partial charge < -0.3 is 9.64 Å². The summed E-state index contributed by atoms with van der Waals surface area (Å²) in [6, 6.07) is 22.5. The van der Waals surface area contributed by atoms with Crippen molar-refractivity contribution in [3.63, 3.8) is 0 Å². The van der Waals surface area contributed by atoms with Crippen LogP contribution in [-0.2, 0) is 26.1 Å². The summed E-state index contributed by atoms with van der Waals surface area (Å²) in [5, 5.41) is 7.10. The molecule has 0 saturated heterocycles. The zero-order valence-corrected chi connectivity index (χ0v) is 22.6. The lowest BCUT2D eigenvalue weighted by Gasteiger charge is -2.29. The van der Waals surface area contributed by atoms with Gasteiger partial charge in [-0.05, 0) is 35.1 Å². The SMILES string of the molecule is COc1ccccc1-n1nc(CN(CC(C)C)C(=O)c2cccs2)c2c1CCN(Cc1ccccc1)C2. The molecule has 2 aromatic carbocycles. The lowest BCUT2D eigenvalue weighted by Crippen LogP contribution is -2.35. The van der Waals surface area contributed by atoms with E-state index >= 15 is 0 Å². The van der Waals surface area contributed by atoms with Crippen molar-refractivity contribution in [1.82, 2.24) is 19.6 Å². The summed E-state index contributed by atoms with van der Waals surface area (Å²) in [5.74, 6) is 1.21. The molecule has 0 atom stereocenters. The molecule has 0 unspecified atom stereocenters. The number of nitrogens with zero attached hydrogens (tertiary/aromatic N) is 4. The average molecular weight is 515 g/mol. The van der Waals surface area contributed by atoms with Gasteiger partial charge >= 0.3 is 0 Å². The molecule has 7 heteroatoms. The van der Waals surface area contributed by atoms with E-state index in [0.29, 0.717) is 19.0 Å². The molecule has 37 heavy (non-hydrogen) atoms. The summed E-state index contributed by atoms with van der Waals surface area (Å²) < 4.78 is 7.73. The molecule has 4 aromatic rings. The Labute approximate surface area is 223 Å². The standard InChI is InChI=1S/C30H34N4O2S/c1-22(2)18-33(30(35)29-14-9-17-37-29)21-25-24-20-32(19-23-10-5-4-6-11-23)16-15-26(24)34(31-25)27-12-7-8-13-28(27)36-3/h4-14,17,22H,15-16,18-21H2,1-3H3. The molecule has 0 aliphatic carbocycles. The topological polar surface area (TPSA) is 50.6 Å². The number of ether oxygens (including phenoxy) is 1. The molecule has 0 spiro atoms. The van der Waals surface area contributed by atoms with E-state index in [9.17, 15) is 4.79 Å². The first-order valence-electron chi connectivity index (χ1n) is 12.9. The maximum atomic E-state index is 13.5. The van der Waals surface area contributed by atoms with Gasteiger partial charge in [0.25, 0.3) is 5.91 Å². The second kappa shape index (κ2) is 11.3. The number of amides is 1. The fraction of sp³-hybridized carbons (Fsp3) is 0.333. The van der Waals surface area contributed by atoms with E-state index in [4.69, 9.17) is 9.84 Å². The van der Waals surface area contributed by atoms with Crippen LogP contribution in [0.1, 0.15) is 46.0 Å². The van der Waals surface area contributed by atoms with Gasteiger partial charge in [0, 0.05) is 38.2 Å². The van der Waals surface area contributed by atoms with E-state index in [0.717, 1.165) is 48.1 Å². The third-order valence-electron chi connectivity index (χ3n) is 6.73. The van der Waals surface area contributed by atoms with E-state index in [1.807, 2.05) is 45.3 Å². The van der Waals surface area contributed by atoms with Gasteiger partial charge in [0.15, 0.2) is 0 Å². The fourth-order valence-electron chi connectivity index (χ4n) is 5.05. The number of carbonyl (C=O) groups excluding carboxylic acids is 1. The van der Waals surface area contributed by atoms with Gasteiger partial charge in [-0.2, -0.15) is 5.10 Å². The quantitative estimate of drug-likeness (QED) is 0.283. The second-order valence-corrected chi connectivity index (χ2v) is 10.9. The number of thiophene rings is 1. The van der Waals surface area contributed by atoms with Crippen molar-refractivity contribution in [2.75, 3.05) is 20.2 Å². The largest absolute Gasteiger partial charge is 0.494 e. The molecule has 1 amide bonds. The molecular formula is C30H34N4O2S. The minimum Gasteiger partial charge on any atom is -0.494 e. The predicted molar refractivity (Wildman–Crippen MR) is 148 cm³/mol. The molecular weight excluding hydrogens is 480 g/mol. The van der Waals surface area contributed by atoms with Gasteiger partial charge in [0.2, 0.25) is 0 Å². The Kier molecular flexibility index (Phi) is 7.72.